The quantitative estimate of drug-likeness (QED) is 0.865. The smallest absolute Gasteiger partial charge is 0.222 e. The summed E-state index contributed by atoms with van der Waals surface area (Å²) >= 11 is 13.6. The molecule has 1 aromatic heterocycles. The molecular weight excluding hydrogens is 303 g/mol. The molecule has 0 aliphatic rings. The number of nitrogen functional groups attached to an aromatic ring is 1. The van der Waals surface area contributed by atoms with Gasteiger partial charge in [0.05, 0.1) is 0 Å². The Bertz CT molecular complexity index is 583. The number of rotatable bonds is 4. The first-order valence-electron chi connectivity index (χ1n) is 5.76. The van der Waals surface area contributed by atoms with Gasteiger partial charge in [-0.05, 0) is 31.5 Å². The molecular formula is C12H14Cl2N4S. The molecule has 0 fully saturated rings. The van der Waals surface area contributed by atoms with E-state index in [0.29, 0.717) is 21.7 Å². The van der Waals surface area contributed by atoms with Gasteiger partial charge in [0.2, 0.25) is 5.95 Å². The van der Waals surface area contributed by atoms with Gasteiger partial charge in [-0.25, -0.2) is 0 Å². The maximum atomic E-state index is 6.14. The monoisotopic (exact) mass is 316 g/mol. The Morgan fingerprint density at radius 3 is 2.68 bits per heavy atom. The molecule has 0 saturated heterocycles. The third-order valence-electron chi connectivity index (χ3n) is 2.58. The summed E-state index contributed by atoms with van der Waals surface area (Å²) in [5.41, 5.74) is 6.80. The molecule has 0 aliphatic heterocycles. The lowest BCUT2D eigenvalue weighted by Gasteiger charge is -2.11. The van der Waals surface area contributed by atoms with E-state index < -0.39 is 0 Å². The summed E-state index contributed by atoms with van der Waals surface area (Å²) in [4.78, 5) is 0. The van der Waals surface area contributed by atoms with Crippen LogP contribution in [-0.2, 0) is 5.75 Å². The first-order valence-corrected chi connectivity index (χ1v) is 7.50. The number of hydrogen-bond acceptors (Lipinski definition) is 4. The van der Waals surface area contributed by atoms with E-state index in [0.717, 1.165) is 10.7 Å². The molecule has 0 spiro atoms. The predicted octanol–water partition coefficient (Wildman–Crippen LogP) is 4.04. The van der Waals surface area contributed by atoms with Crippen LogP contribution in [0.1, 0.15) is 25.5 Å². The van der Waals surface area contributed by atoms with Crippen LogP contribution in [0.25, 0.3) is 0 Å². The Morgan fingerprint density at radius 1 is 1.32 bits per heavy atom. The fourth-order valence-corrected chi connectivity index (χ4v) is 3.29. The maximum absolute atomic E-state index is 6.14. The highest BCUT2D eigenvalue weighted by molar-refractivity contribution is 7.98. The highest BCUT2D eigenvalue weighted by Gasteiger charge is 2.13. The normalized spacial score (nSPS) is 11.2. The second-order valence-electron chi connectivity index (χ2n) is 4.33. The van der Waals surface area contributed by atoms with Gasteiger partial charge >= 0.3 is 0 Å². The van der Waals surface area contributed by atoms with Crippen molar-refractivity contribution < 1.29 is 0 Å². The van der Waals surface area contributed by atoms with E-state index in [-0.39, 0.29) is 6.04 Å². The predicted molar refractivity (Wildman–Crippen MR) is 80.8 cm³/mol. The first kappa shape index (κ1) is 14.5. The number of halogens is 2. The lowest BCUT2D eigenvalue weighted by molar-refractivity contribution is 0.557. The summed E-state index contributed by atoms with van der Waals surface area (Å²) in [7, 11) is 0. The van der Waals surface area contributed by atoms with Crippen molar-refractivity contribution in [1.82, 2.24) is 14.8 Å². The number of aromatic nitrogens is 3. The second-order valence-corrected chi connectivity index (χ2v) is 6.12. The van der Waals surface area contributed by atoms with Gasteiger partial charge < -0.3 is 5.73 Å². The van der Waals surface area contributed by atoms with Gasteiger partial charge in [-0.2, -0.15) is 0 Å². The molecule has 0 saturated carbocycles. The lowest BCUT2D eigenvalue weighted by atomic mass is 10.2. The first-order chi connectivity index (χ1) is 8.99. The Balaban J connectivity index is 2.15. The summed E-state index contributed by atoms with van der Waals surface area (Å²) in [6.07, 6.45) is 0. The van der Waals surface area contributed by atoms with Crippen molar-refractivity contribution in [2.24, 2.45) is 0 Å². The average Bonchev–Trinajstić information content (AvgIpc) is 2.69. The van der Waals surface area contributed by atoms with Crippen molar-refractivity contribution in [3.63, 3.8) is 0 Å². The van der Waals surface area contributed by atoms with Crippen LogP contribution in [-0.4, -0.2) is 14.8 Å². The molecule has 1 aromatic carbocycles. The summed E-state index contributed by atoms with van der Waals surface area (Å²) in [6, 6.07) is 5.70. The van der Waals surface area contributed by atoms with E-state index in [9.17, 15) is 0 Å². The Labute approximate surface area is 126 Å². The average molecular weight is 317 g/mol. The van der Waals surface area contributed by atoms with Gasteiger partial charge in [-0.15, -0.1) is 10.2 Å². The lowest BCUT2D eigenvalue weighted by Crippen LogP contribution is -2.07. The van der Waals surface area contributed by atoms with Crippen molar-refractivity contribution in [3.05, 3.63) is 33.8 Å². The molecule has 2 N–H and O–H groups in total. The van der Waals surface area contributed by atoms with Gasteiger partial charge in [-0.3, -0.25) is 4.57 Å². The van der Waals surface area contributed by atoms with Gasteiger partial charge in [0.25, 0.3) is 0 Å². The molecule has 0 aliphatic carbocycles. The second kappa shape index (κ2) is 6.03. The summed E-state index contributed by atoms with van der Waals surface area (Å²) in [6.45, 7) is 4.08. The van der Waals surface area contributed by atoms with E-state index in [4.69, 9.17) is 28.9 Å². The minimum absolute atomic E-state index is 0.221. The molecule has 1 heterocycles. The van der Waals surface area contributed by atoms with Crippen LogP contribution < -0.4 is 5.73 Å². The highest BCUT2D eigenvalue weighted by atomic mass is 35.5. The van der Waals surface area contributed by atoms with E-state index >= 15 is 0 Å². The molecule has 2 aromatic rings. The van der Waals surface area contributed by atoms with Crippen LogP contribution in [0.2, 0.25) is 10.0 Å². The third kappa shape index (κ3) is 3.35. The molecule has 0 bridgehead atoms. The zero-order valence-corrected chi connectivity index (χ0v) is 12.9. The fourth-order valence-electron chi connectivity index (χ4n) is 1.65. The van der Waals surface area contributed by atoms with Crippen molar-refractivity contribution in [1.29, 1.82) is 0 Å². The van der Waals surface area contributed by atoms with E-state index in [1.54, 1.807) is 17.8 Å². The number of thioether (sulfide) groups is 1. The third-order valence-corrected chi connectivity index (χ3v) is 4.16. The minimum Gasteiger partial charge on any atom is -0.368 e. The van der Waals surface area contributed by atoms with Crippen LogP contribution in [0.5, 0.6) is 0 Å². The van der Waals surface area contributed by atoms with Crippen LogP contribution in [0.4, 0.5) is 5.95 Å². The Hall–Kier alpha value is -0.910. The van der Waals surface area contributed by atoms with E-state index in [1.165, 1.54) is 0 Å². The molecule has 0 radical (unpaired) electrons. The molecule has 4 nitrogen and oxygen atoms in total. The molecule has 102 valence electrons. The van der Waals surface area contributed by atoms with Gasteiger partial charge in [0.15, 0.2) is 5.16 Å². The SMILES string of the molecule is CC(C)n1c(N)nnc1SCc1ccc(Cl)cc1Cl. The number of nitrogens with zero attached hydrogens (tertiary/aromatic N) is 3. The number of hydrogen-bond donors (Lipinski definition) is 1. The van der Waals surface area contributed by atoms with Crippen LogP contribution >= 0.6 is 35.0 Å². The molecule has 19 heavy (non-hydrogen) atoms. The largest absolute Gasteiger partial charge is 0.368 e. The Kier molecular flexibility index (Phi) is 4.60. The minimum atomic E-state index is 0.221. The van der Waals surface area contributed by atoms with Crippen LogP contribution in [0.15, 0.2) is 23.4 Å². The molecule has 0 unspecified atom stereocenters. The van der Waals surface area contributed by atoms with Crippen molar-refractivity contribution in [2.75, 3.05) is 5.73 Å². The number of anilines is 1. The van der Waals surface area contributed by atoms with E-state index in [1.807, 2.05) is 30.5 Å². The standard InChI is InChI=1S/C12H14Cl2N4S/c1-7(2)18-11(15)16-17-12(18)19-6-8-3-4-9(13)5-10(8)14/h3-5,7H,6H2,1-2H3,(H2,15,16). The van der Waals surface area contributed by atoms with Crippen molar-refractivity contribution in [2.45, 2.75) is 30.8 Å². The van der Waals surface area contributed by atoms with Gasteiger partial charge in [0.1, 0.15) is 0 Å². The van der Waals surface area contributed by atoms with Gasteiger partial charge in [-0.1, -0.05) is 41.0 Å². The topological polar surface area (TPSA) is 56.7 Å². The van der Waals surface area contributed by atoms with Crippen molar-refractivity contribution in [3.8, 4) is 0 Å². The number of nitrogens with two attached hydrogens (primary N) is 1. The molecule has 7 heteroatoms. The summed E-state index contributed by atoms with van der Waals surface area (Å²) in [5.74, 6) is 1.13. The fraction of sp³-hybridized carbons (Fsp3) is 0.333. The maximum Gasteiger partial charge on any atom is 0.222 e. The molecule has 2 rings (SSSR count). The number of benzene rings is 1. The zero-order chi connectivity index (χ0) is 14.0. The summed E-state index contributed by atoms with van der Waals surface area (Å²) < 4.78 is 1.90. The highest BCUT2D eigenvalue weighted by Crippen LogP contribution is 2.29. The molecule has 0 atom stereocenters. The van der Waals surface area contributed by atoms with Crippen molar-refractivity contribution >= 4 is 40.9 Å². The van der Waals surface area contributed by atoms with Crippen LogP contribution in [0.3, 0.4) is 0 Å². The van der Waals surface area contributed by atoms with Gasteiger partial charge in [0, 0.05) is 21.8 Å². The van der Waals surface area contributed by atoms with E-state index in [2.05, 4.69) is 10.2 Å². The van der Waals surface area contributed by atoms with Crippen LogP contribution in [0, 0.1) is 0 Å². The summed E-state index contributed by atoms with van der Waals surface area (Å²) in [5, 5.41) is 10.1. The zero-order valence-electron chi connectivity index (χ0n) is 10.6. The Morgan fingerprint density at radius 2 is 2.05 bits per heavy atom. The molecule has 0 amide bonds.